The number of para-hydroxylation sites is 1. The van der Waals surface area contributed by atoms with Crippen LogP contribution in [0, 0.1) is 0 Å². The quantitative estimate of drug-likeness (QED) is 0.715. The summed E-state index contributed by atoms with van der Waals surface area (Å²) >= 11 is 6.16. The number of likely N-dealkylation sites (N-methyl/N-ethyl adjacent to an activating group) is 1. The highest BCUT2D eigenvalue weighted by molar-refractivity contribution is 6.31. The van der Waals surface area contributed by atoms with Gasteiger partial charge in [-0.25, -0.2) is 0 Å². The molecular formula is C19H21ClN2. The van der Waals surface area contributed by atoms with Crippen LogP contribution < -0.4 is 5.32 Å². The number of halogens is 1. The summed E-state index contributed by atoms with van der Waals surface area (Å²) in [7, 11) is 0. The minimum atomic E-state index is 0.758. The lowest BCUT2D eigenvalue weighted by atomic mass is 9.91. The lowest BCUT2D eigenvalue weighted by Crippen LogP contribution is -2.23. The van der Waals surface area contributed by atoms with E-state index in [2.05, 4.69) is 60.5 Å². The van der Waals surface area contributed by atoms with Gasteiger partial charge in [-0.2, -0.15) is 0 Å². The van der Waals surface area contributed by atoms with Crippen molar-refractivity contribution in [2.24, 2.45) is 0 Å². The predicted octanol–water partition coefficient (Wildman–Crippen LogP) is 5.17. The van der Waals surface area contributed by atoms with Gasteiger partial charge in [0.25, 0.3) is 0 Å². The molecule has 22 heavy (non-hydrogen) atoms. The van der Waals surface area contributed by atoms with Gasteiger partial charge in [-0.1, -0.05) is 55.8 Å². The fraction of sp³-hybridized carbons (Fsp3) is 0.263. The third-order valence-electron chi connectivity index (χ3n) is 4.21. The van der Waals surface area contributed by atoms with Gasteiger partial charge >= 0.3 is 0 Å². The number of rotatable bonds is 4. The summed E-state index contributed by atoms with van der Waals surface area (Å²) in [6, 6.07) is 14.5. The van der Waals surface area contributed by atoms with Crippen LogP contribution in [0.1, 0.15) is 25.0 Å². The summed E-state index contributed by atoms with van der Waals surface area (Å²) in [5.41, 5.74) is 5.98. The van der Waals surface area contributed by atoms with Crippen molar-refractivity contribution >= 4 is 28.5 Å². The highest BCUT2D eigenvalue weighted by Crippen LogP contribution is 2.41. The van der Waals surface area contributed by atoms with Crippen LogP contribution in [0.2, 0.25) is 5.02 Å². The summed E-state index contributed by atoms with van der Waals surface area (Å²) in [5, 5.41) is 4.25. The van der Waals surface area contributed by atoms with Crippen LogP contribution in [0.4, 0.5) is 11.4 Å². The SMILES string of the molecule is CCN(CC)C/C=C1\c2ccccc2Nc2cc(Cl)ccc21. The van der Waals surface area contributed by atoms with E-state index in [0.717, 1.165) is 36.0 Å². The molecule has 2 aromatic rings. The minimum absolute atomic E-state index is 0.758. The van der Waals surface area contributed by atoms with Crippen molar-refractivity contribution in [3.63, 3.8) is 0 Å². The third-order valence-corrected chi connectivity index (χ3v) is 4.44. The first kappa shape index (κ1) is 15.1. The van der Waals surface area contributed by atoms with E-state index in [1.165, 1.54) is 16.7 Å². The molecule has 2 nitrogen and oxygen atoms in total. The van der Waals surface area contributed by atoms with Crippen molar-refractivity contribution in [3.05, 3.63) is 64.7 Å². The van der Waals surface area contributed by atoms with E-state index in [0.29, 0.717) is 0 Å². The van der Waals surface area contributed by atoms with Gasteiger partial charge < -0.3 is 10.2 Å². The number of anilines is 2. The van der Waals surface area contributed by atoms with Crippen LogP contribution in [0.25, 0.3) is 5.57 Å². The molecule has 1 N–H and O–H groups in total. The highest BCUT2D eigenvalue weighted by atomic mass is 35.5. The fourth-order valence-corrected chi connectivity index (χ4v) is 3.07. The van der Waals surface area contributed by atoms with E-state index >= 15 is 0 Å². The van der Waals surface area contributed by atoms with Crippen molar-refractivity contribution in [3.8, 4) is 0 Å². The van der Waals surface area contributed by atoms with Gasteiger partial charge in [0.05, 0.1) is 0 Å². The summed E-state index contributed by atoms with van der Waals surface area (Å²) < 4.78 is 0. The number of nitrogens with one attached hydrogen (secondary N) is 1. The Morgan fingerprint density at radius 2 is 1.73 bits per heavy atom. The van der Waals surface area contributed by atoms with Crippen LogP contribution in [-0.4, -0.2) is 24.5 Å². The lowest BCUT2D eigenvalue weighted by Gasteiger charge is -2.25. The Morgan fingerprint density at radius 1 is 1.00 bits per heavy atom. The van der Waals surface area contributed by atoms with E-state index < -0.39 is 0 Å². The summed E-state index contributed by atoms with van der Waals surface area (Å²) in [5.74, 6) is 0. The zero-order valence-electron chi connectivity index (χ0n) is 13.1. The first-order valence-electron chi connectivity index (χ1n) is 7.81. The summed E-state index contributed by atoms with van der Waals surface area (Å²) in [6.07, 6.45) is 2.33. The molecule has 0 saturated carbocycles. The molecule has 0 radical (unpaired) electrons. The Balaban J connectivity index is 2.06. The lowest BCUT2D eigenvalue weighted by molar-refractivity contribution is 0.337. The number of hydrogen-bond donors (Lipinski definition) is 1. The molecule has 0 aliphatic carbocycles. The predicted molar refractivity (Wildman–Crippen MR) is 96.0 cm³/mol. The normalized spacial score (nSPS) is 14.6. The molecule has 1 heterocycles. The van der Waals surface area contributed by atoms with Crippen molar-refractivity contribution in [1.29, 1.82) is 0 Å². The molecule has 3 rings (SSSR count). The van der Waals surface area contributed by atoms with E-state index in [9.17, 15) is 0 Å². The largest absolute Gasteiger partial charge is 0.354 e. The third kappa shape index (κ3) is 2.90. The zero-order chi connectivity index (χ0) is 15.5. The second kappa shape index (κ2) is 6.55. The van der Waals surface area contributed by atoms with E-state index in [1.54, 1.807) is 0 Å². The van der Waals surface area contributed by atoms with Crippen LogP contribution in [0.15, 0.2) is 48.5 Å². The maximum absolute atomic E-state index is 6.16. The number of benzene rings is 2. The average molecular weight is 313 g/mol. The Bertz CT molecular complexity index is 702. The molecule has 0 fully saturated rings. The molecule has 0 aromatic heterocycles. The molecule has 3 heteroatoms. The molecule has 0 spiro atoms. The van der Waals surface area contributed by atoms with Crippen molar-refractivity contribution < 1.29 is 0 Å². The van der Waals surface area contributed by atoms with Gasteiger partial charge in [0.15, 0.2) is 0 Å². The van der Waals surface area contributed by atoms with Gasteiger partial charge in [0.2, 0.25) is 0 Å². The van der Waals surface area contributed by atoms with Crippen molar-refractivity contribution in [2.45, 2.75) is 13.8 Å². The molecule has 0 saturated heterocycles. The van der Waals surface area contributed by atoms with Gasteiger partial charge in [-0.3, -0.25) is 0 Å². The molecule has 1 aliphatic heterocycles. The van der Waals surface area contributed by atoms with Gasteiger partial charge in [-0.05, 0) is 36.9 Å². The Kier molecular flexibility index (Phi) is 4.51. The molecule has 1 aliphatic rings. The molecule has 0 amide bonds. The minimum Gasteiger partial charge on any atom is -0.354 e. The number of fused-ring (bicyclic) bond motifs is 2. The van der Waals surface area contributed by atoms with Gasteiger partial charge in [0, 0.05) is 34.1 Å². The van der Waals surface area contributed by atoms with Crippen molar-refractivity contribution in [2.75, 3.05) is 25.0 Å². The van der Waals surface area contributed by atoms with Gasteiger partial charge in [0.1, 0.15) is 0 Å². The molecule has 2 aromatic carbocycles. The zero-order valence-corrected chi connectivity index (χ0v) is 13.8. The molecular weight excluding hydrogens is 292 g/mol. The maximum atomic E-state index is 6.16. The van der Waals surface area contributed by atoms with E-state index in [1.807, 2.05) is 12.1 Å². The maximum Gasteiger partial charge on any atom is 0.0479 e. The van der Waals surface area contributed by atoms with Crippen LogP contribution in [-0.2, 0) is 0 Å². The van der Waals surface area contributed by atoms with Crippen LogP contribution >= 0.6 is 11.6 Å². The monoisotopic (exact) mass is 312 g/mol. The molecule has 114 valence electrons. The highest BCUT2D eigenvalue weighted by Gasteiger charge is 2.19. The number of hydrogen-bond acceptors (Lipinski definition) is 2. The van der Waals surface area contributed by atoms with Crippen molar-refractivity contribution in [1.82, 2.24) is 4.90 Å². The number of nitrogens with zero attached hydrogens (tertiary/aromatic N) is 1. The second-order valence-electron chi connectivity index (χ2n) is 5.46. The van der Waals surface area contributed by atoms with Crippen LogP contribution in [0.5, 0.6) is 0 Å². The fourth-order valence-electron chi connectivity index (χ4n) is 2.89. The van der Waals surface area contributed by atoms with E-state index in [4.69, 9.17) is 11.6 Å². The summed E-state index contributed by atoms with van der Waals surface area (Å²) in [6.45, 7) is 7.48. The average Bonchev–Trinajstić information content (AvgIpc) is 2.54. The van der Waals surface area contributed by atoms with Crippen LogP contribution in [0.3, 0.4) is 0 Å². The first-order chi connectivity index (χ1) is 10.7. The second-order valence-corrected chi connectivity index (χ2v) is 5.90. The van der Waals surface area contributed by atoms with E-state index in [-0.39, 0.29) is 0 Å². The molecule has 0 bridgehead atoms. The summed E-state index contributed by atoms with van der Waals surface area (Å²) in [4.78, 5) is 2.41. The Morgan fingerprint density at radius 3 is 2.50 bits per heavy atom. The smallest absolute Gasteiger partial charge is 0.0479 e. The molecule has 0 unspecified atom stereocenters. The Hall–Kier alpha value is -1.77. The first-order valence-corrected chi connectivity index (χ1v) is 8.19. The molecule has 0 atom stereocenters. The topological polar surface area (TPSA) is 15.3 Å². The standard InChI is InChI=1S/C19H21ClN2/c1-3-22(4-2)12-11-15-16-7-5-6-8-18(16)21-19-13-14(20)9-10-17(15)19/h5-11,13,21H,3-4,12H2,1-2H3/b15-11+. The Labute approximate surface area is 137 Å². The van der Waals surface area contributed by atoms with Gasteiger partial charge in [-0.15, -0.1) is 0 Å².